The molecule has 0 unspecified atom stereocenters. The van der Waals surface area contributed by atoms with Crippen LogP contribution in [0.3, 0.4) is 0 Å². The first-order valence-corrected chi connectivity index (χ1v) is 9.68. The Morgan fingerprint density at radius 2 is 1.77 bits per heavy atom. The second kappa shape index (κ2) is 7.76. The Kier molecular flexibility index (Phi) is 5.43. The van der Waals surface area contributed by atoms with Gasteiger partial charge < -0.3 is 4.52 Å². The van der Waals surface area contributed by atoms with Gasteiger partial charge in [0.2, 0.25) is 21.7 Å². The lowest BCUT2D eigenvalue weighted by molar-refractivity contribution is 0.379. The van der Waals surface area contributed by atoms with Crippen LogP contribution >= 0.6 is 0 Å². The van der Waals surface area contributed by atoms with E-state index >= 15 is 0 Å². The number of hydrogen-bond donors (Lipinski definition) is 1. The van der Waals surface area contributed by atoms with Gasteiger partial charge in [0.15, 0.2) is 0 Å². The van der Waals surface area contributed by atoms with E-state index in [1.807, 2.05) is 19.1 Å². The Balaban J connectivity index is 1.54. The number of nitrogens with zero attached hydrogens (tertiary/aromatic N) is 2. The highest BCUT2D eigenvalue weighted by Crippen LogP contribution is 2.16. The predicted molar refractivity (Wildman–Crippen MR) is 95.2 cm³/mol. The molecule has 0 spiro atoms. The molecule has 0 saturated heterocycles. The molecule has 0 atom stereocenters. The highest BCUT2D eigenvalue weighted by atomic mass is 32.2. The minimum Gasteiger partial charge on any atom is -0.339 e. The largest absolute Gasteiger partial charge is 0.339 e. The first-order valence-electron chi connectivity index (χ1n) is 8.03. The molecule has 0 bridgehead atoms. The molecule has 136 valence electrons. The summed E-state index contributed by atoms with van der Waals surface area (Å²) in [6.45, 7) is 2.10. The van der Waals surface area contributed by atoms with Crippen LogP contribution in [0.15, 0.2) is 53.1 Å². The van der Waals surface area contributed by atoms with Crippen LogP contribution in [0.2, 0.25) is 0 Å². The van der Waals surface area contributed by atoms with Gasteiger partial charge in [-0.15, -0.1) is 0 Å². The Labute approximate surface area is 151 Å². The maximum Gasteiger partial charge on any atom is 0.228 e. The highest BCUT2D eigenvalue weighted by molar-refractivity contribution is 7.88. The molecule has 26 heavy (non-hydrogen) atoms. The van der Waals surface area contributed by atoms with Gasteiger partial charge in [0.05, 0.1) is 5.75 Å². The van der Waals surface area contributed by atoms with Gasteiger partial charge in [-0.25, -0.2) is 17.5 Å². The molecular formula is C18H18FN3O3S. The molecule has 0 radical (unpaired) electrons. The van der Waals surface area contributed by atoms with Gasteiger partial charge in [0, 0.05) is 18.5 Å². The molecule has 3 aromatic rings. The van der Waals surface area contributed by atoms with Crippen LogP contribution in [0.25, 0.3) is 11.4 Å². The minimum absolute atomic E-state index is 0.0854. The van der Waals surface area contributed by atoms with Crippen molar-refractivity contribution in [2.45, 2.75) is 19.1 Å². The van der Waals surface area contributed by atoms with Crippen molar-refractivity contribution in [1.82, 2.24) is 14.9 Å². The number of aryl methyl sites for hydroxylation is 1. The van der Waals surface area contributed by atoms with E-state index in [9.17, 15) is 12.8 Å². The van der Waals surface area contributed by atoms with E-state index in [1.165, 1.54) is 12.1 Å². The standard InChI is InChI=1S/C18H18FN3O3S/c1-13-2-4-14(5-3-13)12-26(23,24)20-11-10-17-21-18(22-25-17)15-6-8-16(19)9-7-15/h2-9,20H,10-12H2,1H3. The molecule has 0 amide bonds. The van der Waals surface area contributed by atoms with Crippen LogP contribution in [-0.4, -0.2) is 25.1 Å². The average Bonchev–Trinajstić information content (AvgIpc) is 3.06. The lowest BCUT2D eigenvalue weighted by atomic mass is 10.2. The fraction of sp³-hybridized carbons (Fsp3) is 0.222. The minimum atomic E-state index is -3.45. The smallest absolute Gasteiger partial charge is 0.228 e. The van der Waals surface area contributed by atoms with Crippen molar-refractivity contribution in [3.8, 4) is 11.4 Å². The fourth-order valence-electron chi connectivity index (χ4n) is 2.34. The number of nitrogens with one attached hydrogen (secondary N) is 1. The van der Waals surface area contributed by atoms with Crippen LogP contribution in [0.4, 0.5) is 4.39 Å². The zero-order valence-corrected chi connectivity index (χ0v) is 15.0. The van der Waals surface area contributed by atoms with E-state index in [0.29, 0.717) is 17.3 Å². The molecule has 0 aliphatic carbocycles. The number of rotatable bonds is 7. The van der Waals surface area contributed by atoms with Crippen molar-refractivity contribution in [2.24, 2.45) is 0 Å². The molecule has 6 nitrogen and oxygen atoms in total. The van der Waals surface area contributed by atoms with Gasteiger partial charge in [-0.1, -0.05) is 35.0 Å². The van der Waals surface area contributed by atoms with Crippen molar-refractivity contribution in [3.63, 3.8) is 0 Å². The summed E-state index contributed by atoms with van der Waals surface area (Å²) in [5.41, 5.74) is 2.42. The van der Waals surface area contributed by atoms with Gasteiger partial charge in [0.25, 0.3) is 0 Å². The summed E-state index contributed by atoms with van der Waals surface area (Å²) < 4.78 is 44.8. The van der Waals surface area contributed by atoms with Gasteiger partial charge in [0.1, 0.15) is 5.82 Å². The summed E-state index contributed by atoms with van der Waals surface area (Å²) in [7, 11) is -3.45. The van der Waals surface area contributed by atoms with E-state index in [1.54, 1.807) is 24.3 Å². The molecule has 2 aromatic carbocycles. The highest BCUT2D eigenvalue weighted by Gasteiger charge is 2.13. The van der Waals surface area contributed by atoms with Crippen LogP contribution in [0.1, 0.15) is 17.0 Å². The molecule has 0 fully saturated rings. The van der Waals surface area contributed by atoms with Crippen LogP contribution in [0.5, 0.6) is 0 Å². The third kappa shape index (κ3) is 4.96. The maximum atomic E-state index is 12.9. The normalized spacial score (nSPS) is 11.6. The lowest BCUT2D eigenvalue weighted by Crippen LogP contribution is -2.27. The summed E-state index contributed by atoms with van der Waals surface area (Å²) in [5.74, 6) is 0.211. The maximum absolute atomic E-state index is 12.9. The first kappa shape index (κ1) is 18.2. The summed E-state index contributed by atoms with van der Waals surface area (Å²) in [5, 5.41) is 3.82. The first-order chi connectivity index (χ1) is 12.4. The van der Waals surface area contributed by atoms with Crippen LogP contribution in [0, 0.1) is 12.7 Å². The molecule has 0 aliphatic rings. The average molecular weight is 375 g/mol. The van der Waals surface area contributed by atoms with E-state index < -0.39 is 10.0 Å². The van der Waals surface area contributed by atoms with E-state index in [0.717, 1.165) is 11.1 Å². The molecule has 0 saturated carbocycles. The molecular weight excluding hydrogens is 357 g/mol. The van der Waals surface area contributed by atoms with E-state index in [2.05, 4.69) is 14.9 Å². The third-order valence-electron chi connectivity index (χ3n) is 3.71. The zero-order chi connectivity index (χ0) is 18.6. The molecule has 0 aliphatic heterocycles. The van der Waals surface area contributed by atoms with Crippen molar-refractivity contribution in [2.75, 3.05) is 6.54 Å². The molecule has 1 aromatic heterocycles. The quantitative estimate of drug-likeness (QED) is 0.686. The van der Waals surface area contributed by atoms with Gasteiger partial charge in [-0.3, -0.25) is 0 Å². The second-order valence-corrected chi connectivity index (χ2v) is 7.71. The Bertz CT molecular complexity index is 968. The second-order valence-electron chi connectivity index (χ2n) is 5.91. The zero-order valence-electron chi connectivity index (χ0n) is 14.1. The lowest BCUT2D eigenvalue weighted by Gasteiger charge is -2.06. The summed E-state index contributed by atoms with van der Waals surface area (Å²) in [6.07, 6.45) is 0.265. The Morgan fingerprint density at radius 1 is 1.08 bits per heavy atom. The van der Waals surface area contributed by atoms with Crippen molar-refractivity contribution in [1.29, 1.82) is 0 Å². The number of halogens is 1. The topological polar surface area (TPSA) is 85.1 Å². The number of aromatic nitrogens is 2. The summed E-state index contributed by atoms with van der Waals surface area (Å²) in [4.78, 5) is 4.19. The molecule has 3 rings (SSSR count). The number of sulfonamides is 1. The van der Waals surface area contributed by atoms with Crippen LogP contribution < -0.4 is 4.72 Å². The number of benzene rings is 2. The summed E-state index contributed by atoms with van der Waals surface area (Å²) in [6, 6.07) is 13.1. The van der Waals surface area contributed by atoms with Crippen molar-refractivity contribution >= 4 is 10.0 Å². The van der Waals surface area contributed by atoms with Crippen molar-refractivity contribution < 1.29 is 17.3 Å². The molecule has 1 heterocycles. The van der Waals surface area contributed by atoms with Gasteiger partial charge in [-0.2, -0.15) is 4.98 Å². The van der Waals surface area contributed by atoms with Crippen LogP contribution in [-0.2, 0) is 22.2 Å². The molecule has 1 N–H and O–H groups in total. The number of hydrogen-bond acceptors (Lipinski definition) is 5. The SMILES string of the molecule is Cc1ccc(CS(=O)(=O)NCCc2nc(-c3ccc(F)cc3)no2)cc1. The summed E-state index contributed by atoms with van der Waals surface area (Å²) >= 11 is 0. The molecule has 8 heteroatoms. The van der Waals surface area contributed by atoms with E-state index in [4.69, 9.17) is 4.52 Å². The van der Waals surface area contributed by atoms with E-state index in [-0.39, 0.29) is 24.5 Å². The third-order valence-corrected chi connectivity index (χ3v) is 5.07. The Morgan fingerprint density at radius 3 is 2.46 bits per heavy atom. The predicted octanol–water partition coefficient (Wildman–Crippen LogP) is 2.85. The fourth-order valence-corrected chi connectivity index (χ4v) is 3.49. The van der Waals surface area contributed by atoms with Gasteiger partial charge in [-0.05, 0) is 36.8 Å². The monoisotopic (exact) mass is 375 g/mol. The Hall–Kier alpha value is -2.58. The van der Waals surface area contributed by atoms with Crippen molar-refractivity contribution in [3.05, 3.63) is 71.4 Å². The van der Waals surface area contributed by atoms with Gasteiger partial charge >= 0.3 is 0 Å².